The Hall–Kier alpha value is -4.12. The van der Waals surface area contributed by atoms with Crippen LogP contribution in [0.4, 0.5) is 10.2 Å². The SMILES string of the molecule is Cc1cc(NC(=O)c2ccccc2Br)n(-c2nc3c(cnn3-c3ccc(F)cc3)c(=O)[nH]2)n1. The van der Waals surface area contributed by atoms with Crippen molar-refractivity contribution in [3.05, 3.63) is 92.7 Å². The molecule has 5 rings (SSSR count). The van der Waals surface area contributed by atoms with Gasteiger partial charge in [-0.3, -0.25) is 14.6 Å². The van der Waals surface area contributed by atoms with E-state index in [1.165, 1.54) is 39.8 Å². The van der Waals surface area contributed by atoms with Crippen LogP contribution in [-0.4, -0.2) is 35.4 Å². The number of hydrogen-bond acceptors (Lipinski definition) is 5. The van der Waals surface area contributed by atoms with E-state index in [2.05, 4.69) is 41.4 Å². The number of amides is 1. The number of nitrogens with one attached hydrogen (secondary N) is 2. The highest BCUT2D eigenvalue weighted by molar-refractivity contribution is 9.10. The van der Waals surface area contributed by atoms with Gasteiger partial charge in [0.2, 0.25) is 5.95 Å². The number of rotatable bonds is 4. The van der Waals surface area contributed by atoms with Gasteiger partial charge in [-0.25, -0.2) is 9.07 Å². The maximum Gasteiger partial charge on any atom is 0.263 e. The van der Waals surface area contributed by atoms with Crippen molar-refractivity contribution >= 4 is 38.7 Å². The minimum atomic E-state index is -0.431. The fraction of sp³-hybridized carbons (Fsp3) is 0.0455. The summed E-state index contributed by atoms with van der Waals surface area (Å²) in [6, 6.07) is 14.3. The minimum Gasteiger partial charge on any atom is -0.306 e. The molecule has 1 amide bonds. The summed E-state index contributed by atoms with van der Waals surface area (Å²) in [6.07, 6.45) is 1.39. The van der Waals surface area contributed by atoms with E-state index in [0.29, 0.717) is 27.2 Å². The lowest BCUT2D eigenvalue weighted by Crippen LogP contribution is -2.19. The van der Waals surface area contributed by atoms with Crippen LogP contribution in [0.1, 0.15) is 16.1 Å². The molecule has 164 valence electrons. The monoisotopic (exact) mass is 507 g/mol. The summed E-state index contributed by atoms with van der Waals surface area (Å²) < 4.78 is 16.8. The van der Waals surface area contributed by atoms with Gasteiger partial charge >= 0.3 is 0 Å². The molecule has 0 saturated carbocycles. The summed E-state index contributed by atoms with van der Waals surface area (Å²) in [5, 5.41) is 11.7. The Morgan fingerprint density at radius 1 is 1.12 bits per heavy atom. The molecule has 3 aromatic heterocycles. The molecule has 2 N–H and O–H groups in total. The second kappa shape index (κ2) is 8.10. The van der Waals surface area contributed by atoms with Crippen LogP contribution in [0.3, 0.4) is 0 Å². The number of benzene rings is 2. The van der Waals surface area contributed by atoms with Gasteiger partial charge in [-0.1, -0.05) is 12.1 Å². The highest BCUT2D eigenvalue weighted by Crippen LogP contribution is 2.21. The lowest BCUT2D eigenvalue weighted by atomic mass is 10.2. The van der Waals surface area contributed by atoms with Crippen LogP contribution in [0, 0.1) is 12.7 Å². The number of aromatic nitrogens is 6. The fourth-order valence-corrected chi connectivity index (χ4v) is 3.82. The summed E-state index contributed by atoms with van der Waals surface area (Å²) in [5.41, 5.74) is 1.41. The van der Waals surface area contributed by atoms with Gasteiger partial charge in [-0.2, -0.15) is 19.9 Å². The van der Waals surface area contributed by atoms with Gasteiger partial charge in [0.05, 0.1) is 23.1 Å². The van der Waals surface area contributed by atoms with Crippen LogP contribution in [0.5, 0.6) is 0 Å². The molecular formula is C22H15BrFN7O2. The van der Waals surface area contributed by atoms with E-state index in [1.807, 2.05) is 6.07 Å². The van der Waals surface area contributed by atoms with Crippen molar-refractivity contribution in [2.75, 3.05) is 5.32 Å². The van der Waals surface area contributed by atoms with Crippen LogP contribution < -0.4 is 10.9 Å². The van der Waals surface area contributed by atoms with Gasteiger partial charge in [0, 0.05) is 10.5 Å². The standard InChI is InChI=1S/C22H15BrFN7O2/c1-12-10-18(26-20(32)15-4-2-3-5-17(15)23)31(29-12)22-27-19-16(21(33)28-22)11-25-30(19)14-8-6-13(24)7-9-14/h2-11H,1H3,(H,26,32)(H,27,28,33). The number of hydrogen-bond donors (Lipinski definition) is 2. The molecule has 0 radical (unpaired) electrons. The quantitative estimate of drug-likeness (QED) is 0.384. The van der Waals surface area contributed by atoms with Gasteiger partial charge in [-0.05, 0) is 59.3 Å². The van der Waals surface area contributed by atoms with E-state index in [9.17, 15) is 14.0 Å². The number of anilines is 1. The maximum atomic E-state index is 13.3. The molecule has 0 aliphatic carbocycles. The Bertz CT molecular complexity index is 1570. The summed E-state index contributed by atoms with van der Waals surface area (Å²) in [5.74, 6) is -0.335. The average molecular weight is 508 g/mol. The molecule has 0 atom stereocenters. The average Bonchev–Trinajstić information content (AvgIpc) is 3.38. The van der Waals surface area contributed by atoms with E-state index in [0.717, 1.165) is 0 Å². The van der Waals surface area contributed by atoms with Crippen LogP contribution in [0.25, 0.3) is 22.7 Å². The molecule has 9 nitrogen and oxygen atoms in total. The number of fused-ring (bicyclic) bond motifs is 1. The van der Waals surface area contributed by atoms with Crippen LogP contribution >= 0.6 is 15.9 Å². The normalized spacial score (nSPS) is 11.1. The van der Waals surface area contributed by atoms with Crippen molar-refractivity contribution in [1.29, 1.82) is 0 Å². The minimum absolute atomic E-state index is 0.0897. The summed E-state index contributed by atoms with van der Waals surface area (Å²) in [4.78, 5) is 32.8. The molecule has 0 bridgehead atoms. The molecule has 5 aromatic rings. The van der Waals surface area contributed by atoms with Crippen LogP contribution in [-0.2, 0) is 0 Å². The molecule has 0 fully saturated rings. The van der Waals surface area contributed by atoms with Crippen LogP contribution in [0.2, 0.25) is 0 Å². The molecular weight excluding hydrogens is 493 g/mol. The van der Waals surface area contributed by atoms with Crippen molar-refractivity contribution in [3.63, 3.8) is 0 Å². The Labute approximate surface area is 194 Å². The first kappa shape index (κ1) is 20.8. The molecule has 2 aromatic carbocycles. The smallest absolute Gasteiger partial charge is 0.263 e. The molecule has 0 aliphatic heterocycles. The number of H-pyrrole nitrogens is 1. The number of halogens is 2. The number of aryl methyl sites for hydroxylation is 1. The van der Waals surface area contributed by atoms with Crippen molar-refractivity contribution in [1.82, 2.24) is 29.5 Å². The Morgan fingerprint density at radius 2 is 1.88 bits per heavy atom. The molecule has 0 aliphatic rings. The number of carbonyl (C=O) groups is 1. The van der Waals surface area contributed by atoms with E-state index >= 15 is 0 Å². The first-order valence-corrected chi connectivity index (χ1v) is 10.6. The largest absolute Gasteiger partial charge is 0.306 e. The lowest BCUT2D eigenvalue weighted by Gasteiger charge is -2.09. The van der Waals surface area contributed by atoms with Gasteiger partial charge in [0.15, 0.2) is 5.65 Å². The lowest BCUT2D eigenvalue weighted by molar-refractivity contribution is 0.102. The predicted molar refractivity (Wildman–Crippen MR) is 123 cm³/mol. The third-order valence-corrected chi connectivity index (χ3v) is 5.58. The van der Waals surface area contributed by atoms with Crippen LogP contribution in [0.15, 0.2) is 70.1 Å². The Morgan fingerprint density at radius 3 is 2.64 bits per heavy atom. The zero-order valence-corrected chi connectivity index (χ0v) is 18.7. The van der Waals surface area contributed by atoms with Gasteiger partial charge in [-0.15, -0.1) is 0 Å². The van der Waals surface area contributed by atoms with E-state index in [1.54, 1.807) is 31.2 Å². The third kappa shape index (κ3) is 3.82. The molecule has 3 heterocycles. The van der Waals surface area contributed by atoms with Crippen molar-refractivity contribution in [3.8, 4) is 11.6 Å². The summed E-state index contributed by atoms with van der Waals surface area (Å²) >= 11 is 3.37. The summed E-state index contributed by atoms with van der Waals surface area (Å²) in [7, 11) is 0. The highest BCUT2D eigenvalue weighted by Gasteiger charge is 2.18. The second-order valence-corrected chi connectivity index (χ2v) is 8.03. The van der Waals surface area contributed by atoms with Gasteiger partial charge < -0.3 is 5.32 Å². The summed E-state index contributed by atoms with van der Waals surface area (Å²) in [6.45, 7) is 1.75. The van der Waals surface area contributed by atoms with E-state index < -0.39 is 5.56 Å². The predicted octanol–water partition coefficient (Wildman–Crippen LogP) is 3.76. The Balaban J connectivity index is 1.59. The fourth-order valence-electron chi connectivity index (χ4n) is 3.36. The zero-order valence-electron chi connectivity index (χ0n) is 17.1. The number of carbonyl (C=O) groups excluding carboxylic acids is 1. The molecule has 11 heteroatoms. The molecule has 0 saturated heterocycles. The van der Waals surface area contributed by atoms with Crippen molar-refractivity contribution in [2.24, 2.45) is 0 Å². The number of aromatic amines is 1. The van der Waals surface area contributed by atoms with Gasteiger partial charge in [0.1, 0.15) is 17.0 Å². The van der Waals surface area contributed by atoms with Crippen molar-refractivity contribution < 1.29 is 9.18 Å². The third-order valence-electron chi connectivity index (χ3n) is 4.89. The molecule has 0 spiro atoms. The molecule has 0 unspecified atom stereocenters. The van der Waals surface area contributed by atoms with E-state index in [4.69, 9.17) is 0 Å². The Kier molecular flexibility index (Phi) is 5.09. The van der Waals surface area contributed by atoms with Gasteiger partial charge in [0.25, 0.3) is 11.5 Å². The highest BCUT2D eigenvalue weighted by atomic mass is 79.9. The zero-order chi connectivity index (χ0) is 23.1. The first-order valence-electron chi connectivity index (χ1n) is 9.77. The maximum absolute atomic E-state index is 13.3. The first-order chi connectivity index (χ1) is 15.9. The van der Waals surface area contributed by atoms with Crippen molar-refractivity contribution in [2.45, 2.75) is 6.92 Å². The topological polar surface area (TPSA) is 110 Å². The molecule has 33 heavy (non-hydrogen) atoms. The number of nitrogens with zero attached hydrogens (tertiary/aromatic N) is 5. The second-order valence-electron chi connectivity index (χ2n) is 7.18. The van der Waals surface area contributed by atoms with E-state index in [-0.39, 0.29) is 28.7 Å².